The molecule has 1 rings (SSSR count). The Kier molecular flexibility index (Phi) is 5.46. The second-order valence-electron chi connectivity index (χ2n) is 3.16. The van der Waals surface area contributed by atoms with E-state index >= 15 is 0 Å². The van der Waals surface area contributed by atoms with Gasteiger partial charge in [0.15, 0.2) is 0 Å². The van der Waals surface area contributed by atoms with Crippen molar-refractivity contribution in [2.75, 3.05) is 13.1 Å². The zero-order valence-electron chi connectivity index (χ0n) is 9.07. The van der Waals surface area contributed by atoms with Gasteiger partial charge in [-0.3, -0.25) is 0 Å². The maximum Gasteiger partial charge on any atom is 0.244 e. The molecule has 0 atom stereocenters. The lowest BCUT2D eigenvalue weighted by molar-refractivity contribution is 0.445. The molecular formula is C10H13I2NO2S. The van der Waals surface area contributed by atoms with Crippen LogP contribution in [-0.2, 0) is 10.0 Å². The molecule has 0 aliphatic heterocycles. The standard InChI is InChI=1S/C10H13I2NO2S/c1-3-13(4-2)16(14,15)10-7-8(11)5-6-9(10)12/h5-7H,3-4H2,1-2H3. The SMILES string of the molecule is CCN(CC)S(=O)(=O)c1cc(I)ccc1I. The Morgan fingerprint density at radius 1 is 1.19 bits per heavy atom. The van der Waals surface area contributed by atoms with Gasteiger partial charge in [-0.25, -0.2) is 8.42 Å². The summed E-state index contributed by atoms with van der Waals surface area (Å²) < 4.78 is 27.7. The third-order valence-corrected chi connectivity index (χ3v) is 6.28. The van der Waals surface area contributed by atoms with Gasteiger partial charge < -0.3 is 0 Å². The monoisotopic (exact) mass is 465 g/mol. The predicted octanol–water partition coefficient (Wildman–Crippen LogP) is 2.93. The molecule has 0 aromatic heterocycles. The van der Waals surface area contributed by atoms with E-state index in [1.165, 1.54) is 4.31 Å². The molecule has 90 valence electrons. The quantitative estimate of drug-likeness (QED) is 0.642. The van der Waals surface area contributed by atoms with Crippen molar-refractivity contribution >= 4 is 55.2 Å². The van der Waals surface area contributed by atoms with Crippen molar-refractivity contribution < 1.29 is 8.42 Å². The molecule has 1 aromatic rings. The largest absolute Gasteiger partial charge is 0.244 e. The first-order chi connectivity index (χ1) is 7.43. The number of halogens is 2. The lowest BCUT2D eigenvalue weighted by Gasteiger charge is -2.19. The van der Waals surface area contributed by atoms with Gasteiger partial charge in [0.05, 0.1) is 4.90 Å². The molecule has 0 heterocycles. The molecular weight excluding hydrogens is 452 g/mol. The normalized spacial score (nSPS) is 12.1. The minimum Gasteiger partial charge on any atom is -0.207 e. The average Bonchev–Trinajstić information content (AvgIpc) is 2.23. The summed E-state index contributed by atoms with van der Waals surface area (Å²) >= 11 is 4.18. The summed E-state index contributed by atoms with van der Waals surface area (Å²) in [7, 11) is -3.33. The molecule has 6 heteroatoms. The van der Waals surface area contributed by atoms with Crippen LogP contribution in [0.25, 0.3) is 0 Å². The van der Waals surface area contributed by atoms with E-state index in [1.807, 2.05) is 26.0 Å². The summed E-state index contributed by atoms with van der Waals surface area (Å²) in [6.07, 6.45) is 0. The summed E-state index contributed by atoms with van der Waals surface area (Å²) in [6, 6.07) is 5.46. The number of benzene rings is 1. The minimum atomic E-state index is -3.33. The molecule has 0 saturated heterocycles. The molecule has 0 amide bonds. The minimum absolute atomic E-state index is 0.406. The number of rotatable bonds is 4. The van der Waals surface area contributed by atoms with Gasteiger partial charge in [-0.2, -0.15) is 4.31 Å². The van der Waals surface area contributed by atoms with E-state index in [2.05, 4.69) is 45.2 Å². The van der Waals surface area contributed by atoms with E-state index in [0.717, 1.165) is 7.14 Å². The second kappa shape index (κ2) is 5.96. The van der Waals surface area contributed by atoms with Gasteiger partial charge in [-0.15, -0.1) is 0 Å². The van der Waals surface area contributed by atoms with Crippen molar-refractivity contribution in [1.82, 2.24) is 4.31 Å². The molecule has 1 aromatic carbocycles. The molecule has 16 heavy (non-hydrogen) atoms. The Labute approximate surface area is 124 Å². The van der Waals surface area contributed by atoms with Crippen molar-refractivity contribution in [1.29, 1.82) is 0 Å². The number of hydrogen-bond acceptors (Lipinski definition) is 2. The van der Waals surface area contributed by atoms with Crippen LogP contribution in [0, 0.1) is 7.14 Å². The van der Waals surface area contributed by atoms with Crippen LogP contribution in [0.1, 0.15) is 13.8 Å². The van der Waals surface area contributed by atoms with E-state index in [9.17, 15) is 8.42 Å². The highest BCUT2D eigenvalue weighted by Crippen LogP contribution is 2.23. The lowest BCUT2D eigenvalue weighted by Crippen LogP contribution is -2.31. The Balaban J connectivity index is 3.31. The molecule has 0 fully saturated rings. The summed E-state index contributed by atoms with van der Waals surface area (Å²) in [4.78, 5) is 0.406. The summed E-state index contributed by atoms with van der Waals surface area (Å²) in [5, 5.41) is 0. The smallest absolute Gasteiger partial charge is 0.207 e. The van der Waals surface area contributed by atoms with Crippen LogP contribution in [0.2, 0.25) is 0 Å². The van der Waals surface area contributed by atoms with E-state index in [4.69, 9.17) is 0 Å². The molecule has 0 spiro atoms. The first-order valence-electron chi connectivity index (χ1n) is 4.88. The van der Waals surface area contributed by atoms with E-state index < -0.39 is 10.0 Å². The highest BCUT2D eigenvalue weighted by Gasteiger charge is 2.23. The van der Waals surface area contributed by atoms with E-state index in [0.29, 0.717) is 18.0 Å². The van der Waals surface area contributed by atoms with Gasteiger partial charge in [0.25, 0.3) is 0 Å². The van der Waals surface area contributed by atoms with Gasteiger partial charge in [-0.1, -0.05) is 13.8 Å². The van der Waals surface area contributed by atoms with Crippen molar-refractivity contribution in [3.63, 3.8) is 0 Å². The van der Waals surface area contributed by atoms with Gasteiger partial charge in [0.2, 0.25) is 10.0 Å². The van der Waals surface area contributed by atoms with Crippen molar-refractivity contribution in [3.8, 4) is 0 Å². The maximum absolute atomic E-state index is 12.3. The summed E-state index contributed by atoms with van der Waals surface area (Å²) in [6.45, 7) is 4.70. The average molecular weight is 465 g/mol. The van der Waals surface area contributed by atoms with Crippen molar-refractivity contribution in [2.24, 2.45) is 0 Å². The van der Waals surface area contributed by atoms with Crippen LogP contribution in [0.4, 0.5) is 0 Å². The lowest BCUT2D eigenvalue weighted by atomic mass is 10.4. The fraction of sp³-hybridized carbons (Fsp3) is 0.400. The number of nitrogens with zero attached hydrogens (tertiary/aromatic N) is 1. The van der Waals surface area contributed by atoms with Crippen LogP contribution >= 0.6 is 45.2 Å². The van der Waals surface area contributed by atoms with Gasteiger partial charge in [0, 0.05) is 20.2 Å². The summed E-state index contributed by atoms with van der Waals surface area (Å²) in [5.74, 6) is 0. The van der Waals surface area contributed by atoms with Crippen LogP contribution in [0.5, 0.6) is 0 Å². The number of hydrogen-bond donors (Lipinski definition) is 0. The molecule has 0 radical (unpaired) electrons. The summed E-state index contributed by atoms with van der Waals surface area (Å²) in [5.41, 5.74) is 0. The third-order valence-electron chi connectivity index (χ3n) is 2.22. The second-order valence-corrected chi connectivity index (χ2v) is 7.48. The van der Waals surface area contributed by atoms with Crippen LogP contribution in [0.15, 0.2) is 23.1 Å². The molecule has 3 nitrogen and oxygen atoms in total. The van der Waals surface area contributed by atoms with Crippen LogP contribution in [-0.4, -0.2) is 25.8 Å². The van der Waals surface area contributed by atoms with Crippen LogP contribution < -0.4 is 0 Å². The Morgan fingerprint density at radius 2 is 1.75 bits per heavy atom. The fourth-order valence-corrected chi connectivity index (χ4v) is 4.80. The zero-order valence-corrected chi connectivity index (χ0v) is 14.2. The molecule has 0 aliphatic carbocycles. The maximum atomic E-state index is 12.3. The molecule has 0 bridgehead atoms. The Hall–Kier alpha value is 0.590. The number of sulfonamides is 1. The topological polar surface area (TPSA) is 37.4 Å². The van der Waals surface area contributed by atoms with Gasteiger partial charge in [0.1, 0.15) is 0 Å². The fourth-order valence-electron chi connectivity index (χ4n) is 1.38. The predicted molar refractivity (Wildman–Crippen MR) is 82.0 cm³/mol. The first kappa shape index (κ1) is 14.7. The highest BCUT2D eigenvalue weighted by molar-refractivity contribution is 14.1. The molecule has 0 unspecified atom stereocenters. The van der Waals surface area contributed by atoms with Crippen LogP contribution in [0.3, 0.4) is 0 Å². The van der Waals surface area contributed by atoms with Gasteiger partial charge in [-0.05, 0) is 63.4 Å². The first-order valence-corrected chi connectivity index (χ1v) is 8.48. The Morgan fingerprint density at radius 3 is 2.25 bits per heavy atom. The van der Waals surface area contributed by atoms with Crippen molar-refractivity contribution in [2.45, 2.75) is 18.7 Å². The molecule has 0 saturated carbocycles. The molecule has 0 aliphatic rings. The van der Waals surface area contributed by atoms with E-state index in [-0.39, 0.29) is 0 Å². The molecule has 0 N–H and O–H groups in total. The third kappa shape index (κ3) is 3.08. The Bertz CT molecular complexity index is 470. The van der Waals surface area contributed by atoms with Gasteiger partial charge >= 0.3 is 0 Å². The van der Waals surface area contributed by atoms with Crippen molar-refractivity contribution in [3.05, 3.63) is 25.3 Å². The highest BCUT2D eigenvalue weighted by atomic mass is 127. The van der Waals surface area contributed by atoms with E-state index in [1.54, 1.807) is 6.07 Å². The zero-order chi connectivity index (χ0) is 12.3.